The molecule has 0 radical (unpaired) electrons. The van der Waals surface area contributed by atoms with Crippen LogP contribution in [0.2, 0.25) is 0 Å². The number of aromatic nitrogens is 2. The van der Waals surface area contributed by atoms with Crippen LogP contribution in [0.1, 0.15) is 26.1 Å². The number of amides is 1. The Labute approximate surface area is 112 Å². The summed E-state index contributed by atoms with van der Waals surface area (Å²) in [5.41, 5.74) is 1.52. The van der Waals surface area contributed by atoms with Gasteiger partial charge < -0.3 is 0 Å². The molecule has 0 aliphatic heterocycles. The predicted molar refractivity (Wildman–Crippen MR) is 71.2 cm³/mol. The Hall–Kier alpha value is -0.980. The maximum absolute atomic E-state index is 11.9. The van der Waals surface area contributed by atoms with Gasteiger partial charge in [-0.05, 0) is 13.8 Å². The minimum atomic E-state index is -0.163. The highest BCUT2D eigenvalue weighted by Gasteiger charge is 2.15. The number of halogens is 1. The van der Waals surface area contributed by atoms with Crippen molar-refractivity contribution < 1.29 is 4.79 Å². The second kappa shape index (κ2) is 5.12. The maximum atomic E-state index is 11.9. The molecule has 1 amide bonds. The molecule has 2 aromatic heterocycles. The second-order valence-electron chi connectivity index (χ2n) is 3.38. The molecule has 0 unspecified atom stereocenters. The molecule has 1 N–H and O–H groups in total. The van der Waals surface area contributed by atoms with Crippen molar-refractivity contribution in [3.63, 3.8) is 0 Å². The monoisotopic (exact) mass is 287 g/mol. The second-order valence-corrected chi connectivity index (χ2v) is 5.71. The molecule has 0 aliphatic carbocycles. The fourth-order valence-electron chi connectivity index (χ4n) is 1.32. The third-order valence-electron chi connectivity index (χ3n) is 2.02. The number of alkyl halides is 1. The topological polar surface area (TPSA) is 54.9 Å². The molecule has 0 aliphatic rings. The first-order chi connectivity index (χ1) is 8.10. The number of carbonyl (C=O) groups is 1. The lowest BCUT2D eigenvalue weighted by atomic mass is 10.4. The summed E-state index contributed by atoms with van der Waals surface area (Å²) in [6.45, 7) is 3.70. The molecule has 2 heterocycles. The molecule has 4 nitrogen and oxygen atoms in total. The van der Waals surface area contributed by atoms with Crippen molar-refractivity contribution in [3.05, 3.63) is 26.7 Å². The molecule has 0 saturated heterocycles. The Balaban J connectivity index is 2.14. The van der Waals surface area contributed by atoms with Crippen molar-refractivity contribution in [2.75, 3.05) is 5.32 Å². The summed E-state index contributed by atoms with van der Waals surface area (Å²) < 4.78 is 0. The van der Waals surface area contributed by atoms with Crippen LogP contribution in [0.25, 0.3) is 0 Å². The Kier molecular flexibility index (Phi) is 3.76. The van der Waals surface area contributed by atoms with Crippen molar-refractivity contribution in [3.8, 4) is 0 Å². The summed E-state index contributed by atoms with van der Waals surface area (Å²) in [5.74, 6) is 0.189. The van der Waals surface area contributed by atoms with E-state index in [0.29, 0.717) is 15.9 Å². The van der Waals surface area contributed by atoms with E-state index in [1.807, 2.05) is 19.2 Å². The average Bonchev–Trinajstić information content (AvgIpc) is 2.85. The van der Waals surface area contributed by atoms with Crippen molar-refractivity contribution in [2.24, 2.45) is 0 Å². The van der Waals surface area contributed by atoms with Crippen LogP contribution in [0.4, 0.5) is 5.13 Å². The molecule has 2 aromatic rings. The molecule has 0 bridgehead atoms. The molecule has 17 heavy (non-hydrogen) atoms. The van der Waals surface area contributed by atoms with Gasteiger partial charge >= 0.3 is 0 Å². The van der Waals surface area contributed by atoms with Gasteiger partial charge in [0.05, 0.1) is 22.3 Å². The number of nitrogens with one attached hydrogen (secondary N) is 1. The van der Waals surface area contributed by atoms with Crippen LogP contribution in [-0.4, -0.2) is 15.9 Å². The lowest BCUT2D eigenvalue weighted by Gasteiger charge is -1.98. The fourth-order valence-corrected chi connectivity index (χ4v) is 3.07. The van der Waals surface area contributed by atoms with Crippen LogP contribution < -0.4 is 5.32 Å². The Morgan fingerprint density at radius 1 is 1.47 bits per heavy atom. The van der Waals surface area contributed by atoms with Crippen molar-refractivity contribution in [1.29, 1.82) is 0 Å². The van der Waals surface area contributed by atoms with Crippen LogP contribution in [0.3, 0.4) is 0 Å². The molecular formula is C10H10ClN3OS2. The summed E-state index contributed by atoms with van der Waals surface area (Å²) in [5, 5.41) is 6.02. The van der Waals surface area contributed by atoms with Gasteiger partial charge in [-0.25, -0.2) is 9.97 Å². The van der Waals surface area contributed by atoms with Crippen molar-refractivity contribution in [2.45, 2.75) is 19.7 Å². The number of hydrogen-bond acceptors (Lipinski definition) is 5. The Morgan fingerprint density at radius 3 is 2.76 bits per heavy atom. The number of thiazole rings is 2. The average molecular weight is 288 g/mol. The van der Waals surface area contributed by atoms with Gasteiger partial charge in [0.2, 0.25) is 0 Å². The van der Waals surface area contributed by atoms with Crippen LogP contribution in [0, 0.1) is 13.8 Å². The van der Waals surface area contributed by atoms with E-state index in [9.17, 15) is 4.79 Å². The standard InChI is InChI=1S/C10H10ClN3OS2/c1-5-8(17-6(2)12-5)9(15)14-10-13-7(3-11)4-16-10/h4H,3H2,1-2H3,(H,13,14,15). The quantitative estimate of drug-likeness (QED) is 0.882. The summed E-state index contributed by atoms with van der Waals surface area (Å²) in [4.78, 5) is 21.0. The number of rotatable bonds is 3. The predicted octanol–water partition coefficient (Wildman–Crippen LogP) is 3.21. The largest absolute Gasteiger partial charge is 0.297 e. The summed E-state index contributed by atoms with van der Waals surface area (Å²) in [6, 6.07) is 0. The van der Waals surface area contributed by atoms with E-state index in [-0.39, 0.29) is 5.91 Å². The van der Waals surface area contributed by atoms with Gasteiger partial charge in [0.1, 0.15) is 4.88 Å². The zero-order valence-electron chi connectivity index (χ0n) is 9.28. The van der Waals surface area contributed by atoms with Crippen LogP contribution in [0.5, 0.6) is 0 Å². The molecule has 0 atom stereocenters. The van der Waals surface area contributed by atoms with Gasteiger partial charge in [-0.2, -0.15) is 0 Å². The maximum Gasteiger partial charge on any atom is 0.269 e. The zero-order valence-corrected chi connectivity index (χ0v) is 11.7. The van der Waals surface area contributed by atoms with E-state index in [2.05, 4.69) is 15.3 Å². The van der Waals surface area contributed by atoms with E-state index >= 15 is 0 Å². The van der Waals surface area contributed by atoms with Gasteiger partial charge in [0.25, 0.3) is 5.91 Å². The van der Waals surface area contributed by atoms with Gasteiger partial charge in [-0.1, -0.05) is 0 Å². The van der Waals surface area contributed by atoms with E-state index in [1.165, 1.54) is 22.7 Å². The van der Waals surface area contributed by atoms with E-state index in [1.54, 1.807) is 0 Å². The fraction of sp³-hybridized carbons (Fsp3) is 0.300. The first-order valence-corrected chi connectivity index (χ1v) is 7.09. The first-order valence-electron chi connectivity index (χ1n) is 4.86. The van der Waals surface area contributed by atoms with Gasteiger partial charge in [-0.3, -0.25) is 10.1 Å². The number of carbonyl (C=O) groups excluding carboxylic acids is 1. The SMILES string of the molecule is Cc1nc(C)c(C(=O)Nc2nc(CCl)cs2)s1. The molecule has 0 aromatic carbocycles. The van der Waals surface area contributed by atoms with E-state index < -0.39 is 0 Å². The highest BCUT2D eigenvalue weighted by Crippen LogP contribution is 2.21. The van der Waals surface area contributed by atoms with E-state index in [0.717, 1.165) is 16.4 Å². The summed E-state index contributed by atoms with van der Waals surface area (Å²) >= 11 is 8.39. The van der Waals surface area contributed by atoms with Gasteiger partial charge in [0.15, 0.2) is 5.13 Å². The normalized spacial score (nSPS) is 10.5. The van der Waals surface area contributed by atoms with Crippen molar-refractivity contribution in [1.82, 2.24) is 9.97 Å². The molecule has 7 heteroatoms. The summed E-state index contributed by atoms with van der Waals surface area (Å²) in [6.07, 6.45) is 0. The molecule has 0 spiro atoms. The first kappa shape index (κ1) is 12.5. The third kappa shape index (κ3) is 2.83. The number of nitrogens with zero attached hydrogens (tertiary/aromatic N) is 2. The highest BCUT2D eigenvalue weighted by molar-refractivity contribution is 7.15. The lowest BCUT2D eigenvalue weighted by Crippen LogP contribution is -2.11. The third-order valence-corrected chi connectivity index (χ3v) is 4.17. The van der Waals surface area contributed by atoms with Gasteiger partial charge in [-0.15, -0.1) is 34.3 Å². The number of aryl methyl sites for hydroxylation is 2. The molecule has 2 rings (SSSR count). The minimum absolute atomic E-state index is 0.163. The number of hydrogen-bond donors (Lipinski definition) is 1. The molecular weight excluding hydrogens is 278 g/mol. The smallest absolute Gasteiger partial charge is 0.269 e. The zero-order chi connectivity index (χ0) is 12.4. The van der Waals surface area contributed by atoms with Gasteiger partial charge in [0, 0.05) is 5.38 Å². The van der Waals surface area contributed by atoms with Crippen LogP contribution in [0.15, 0.2) is 5.38 Å². The number of anilines is 1. The lowest BCUT2D eigenvalue weighted by molar-refractivity contribution is 0.103. The highest BCUT2D eigenvalue weighted by atomic mass is 35.5. The van der Waals surface area contributed by atoms with Crippen LogP contribution >= 0.6 is 34.3 Å². The molecule has 0 fully saturated rings. The minimum Gasteiger partial charge on any atom is -0.297 e. The Morgan fingerprint density at radius 2 is 2.24 bits per heavy atom. The van der Waals surface area contributed by atoms with Crippen LogP contribution in [-0.2, 0) is 5.88 Å². The molecule has 0 saturated carbocycles. The summed E-state index contributed by atoms with van der Waals surface area (Å²) in [7, 11) is 0. The molecule has 90 valence electrons. The Bertz CT molecular complexity index is 549. The van der Waals surface area contributed by atoms with Crippen molar-refractivity contribution >= 4 is 45.3 Å². The van der Waals surface area contributed by atoms with E-state index in [4.69, 9.17) is 11.6 Å².